The predicted molar refractivity (Wildman–Crippen MR) is 69.2 cm³/mol. The Kier molecular flexibility index (Phi) is 8.80. The van der Waals surface area contributed by atoms with E-state index in [0.717, 1.165) is 0 Å². The summed E-state index contributed by atoms with van der Waals surface area (Å²) in [5.41, 5.74) is 0. The number of hydrogen-bond acceptors (Lipinski definition) is 3. The number of allylic oxidation sites excluding steroid dienone is 2. The Hall–Kier alpha value is 0.470. The average Bonchev–Trinajstić information content (AvgIpc) is 2.26. The Labute approximate surface area is 115 Å². The Bertz CT molecular complexity index is 297. The summed E-state index contributed by atoms with van der Waals surface area (Å²) >= 11 is 22.5. The van der Waals surface area contributed by atoms with Gasteiger partial charge in [-0.15, -0.1) is 0 Å². The maximum absolute atomic E-state index is 11.3. The molecule has 0 aromatic rings. The van der Waals surface area contributed by atoms with Crippen molar-refractivity contribution in [1.82, 2.24) is 0 Å². The molecule has 0 bridgehead atoms. The maximum Gasteiger partial charge on any atom is 0.420 e. The highest BCUT2D eigenvalue weighted by atomic mass is 35.5. The van der Waals surface area contributed by atoms with Gasteiger partial charge in [-0.1, -0.05) is 37.0 Å². The third-order valence-electron chi connectivity index (χ3n) is 1.39. The fourth-order valence-corrected chi connectivity index (χ4v) is 1.99. The van der Waals surface area contributed by atoms with Gasteiger partial charge in [-0.05, 0) is 36.0 Å². The lowest BCUT2D eigenvalue weighted by molar-refractivity contribution is 0.339. The molecule has 0 radical (unpaired) electrons. The first kappa shape index (κ1) is 16.5. The van der Waals surface area contributed by atoms with E-state index in [0.29, 0.717) is 12.8 Å². The SMILES string of the molecule is CC/C(Cl)=C(/Cl)O[PH](=O)O/C(Cl)=C(/Cl)CC. The summed E-state index contributed by atoms with van der Waals surface area (Å²) < 4.78 is 20.7. The van der Waals surface area contributed by atoms with Crippen LogP contribution in [0.3, 0.4) is 0 Å². The van der Waals surface area contributed by atoms with Crippen LogP contribution >= 0.6 is 54.7 Å². The molecule has 0 saturated heterocycles. The molecule has 0 spiro atoms. The van der Waals surface area contributed by atoms with E-state index in [1.807, 2.05) is 0 Å². The van der Waals surface area contributed by atoms with Crippen LogP contribution in [-0.4, -0.2) is 0 Å². The monoisotopic (exact) mass is 326 g/mol. The third kappa shape index (κ3) is 6.27. The molecule has 8 heteroatoms. The molecule has 0 N–H and O–H groups in total. The van der Waals surface area contributed by atoms with Crippen molar-refractivity contribution in [3.63, 3.8) is 0 Å². The molecule has 0 saturated carbocycles. The summed E-state index contributed by atoms with van der Waals surface area (Å²) in [5, 5.41) is 0.186. The van der Waals surface area contributed by atoms with Crippen molar-refractivity contribution in [2.45, 2.75) is 26.7 Å². The van der Waals surface area contributed by atoms with E-state index in [-0.39, 0.29) is 20.5 Å². The molecular formula is C8H11Cl4O3P. The molecule has 94 valence electrons. The van der Waals surface area contributed by atoms with Gasteiger partial charge in [0, 0.05) is 0 Å². The van der Waals surface area contributed by atoms with Gasteiger partial charge in [-0.25, -0.2) is 4.57 Å². The standard InChI is InChI=1S/C8H11Cl4O3P/c1-3-5(9)7(11)14-16(13)15-8(12)6(10)4-2/h16H,3-4H2,1-2H3/b7-5+,8-6+. The molecule has 16 heavy (non-hydrogen) atoms. The summed E-state index contributed by atoms with van der Waals surface area (Å²) in [7, 11) is -2.90. The van der Waals surface area contributed by atoms with Crippen molar-refractivity contribution in [2.24, 2.45) is 0 Å². The highest BCUT2D eigenvalue weighted by molar-refractivity contribution is 7.33. The van der Waals surface area contributed by atoms with E-state index in [4.69, 9.17) is 55.5 Å². The van der Waals surface area contributed by atoms with Crippen molar-refractivity contribution in [1.29, 1.82) is 0 Å². The van der Waals surface area contributed by atoms with Crippen LogP contribution in [0.2, 0.25) is 0 Å². The van der Waals surface area contributed by atoms with Crippen molar-refractivity contribution < 1.29 is 13.6 Å². The highest BCUT2D eigenvalue weighted by Gasteiger charge is 2.10. The fraction of sp³-hybridized carbons (Fsp3) is 0.500. The normalized spacial score (nSPS) is 14.4. The van der Waals surface area contributed by atoms with Crippen LogP contribution in [-0.2, 0) is 13.6 Å². The molecule has 0 aromatic heterocycles. The van der Waals surface area contributed by atoms with E-state index >= 15 is 0 Å². The van der Waals surface area contributed by atoms with E-state index in [1.165, 1.54) is 0 Å². The van der Waals surface area contributed by atoms with Crippen LogP contribution in [0.5, 0.6) is 0 Å². The third-order valence-corrected chi connectivity index (χ3v) is 4.08. The second-order valence-electron chi connectivity index (χ2n) is 2.52. The maximum atomic E-state index is 11.3. The zero-order chi connectivity index (χ0) is 12.7. The van der Waals surface area contributed by atoms with Gasteiger partial charge in [0.1, 0.15) is 0 Å². The van der Waals surface area contributed by atoms with Crippen molar-refractivity contribution in [3.8, 4) is 0 Å². The molecule has 0 aliphatic rings. The zero-order valence-corrected chi connectivity index (χ0v) is 12.7. The summed E-state index contributed by atoms with van der Waals surface area (Å²) in [6, 6.07) is 0. The summed E-state index contributed by atoms with van der Waals surface area (Å²) in [5.74, 6) is 0. The minimum atomic E-state index is -2.90. The van der Waals surface area contributed by atoms with Crippen LogP contribution < -0.4 is 0 Å². The van der Waals surface area contributed by atoms with Gasteiger partial charge >= 0.3 is 8.25 Å². The van der Waals surface area contributed by atoms with Gasteiger partial charge in [-0.3, -0.25) is 0 Å². The Morgan fingerprint density at radius 3 is 1.50 bits per heavy atom. The minimum Gasteiger partial charge on any atom is -0.405 e. The first-order chi connectivity index (χ1) is 7.42. The molecule has 0 unspecified atom stereocenters. The van der Waals surface area contributed by atoms with Gasteiger partial charge in [0.2, 0.25) is 10.4 Å². The van der Waals surface area contributed by atoms with Gasteiger partial charge in [0.25, 0.3) is 0 Å². The second-order valence-corrected chi connectivity index (χ2v) is 5.03. The molecule has 0 heterocycles. The first-order valence-corrected chi connectivity index (χ1v) is 7.13. The molecule has 0 fully saturated rings. The molecule has 0 aromatic carbocycles. The number of hydrogen-bond donors (Lipinski definition) is 0. The lowest BCUT2D eigenvalue weighted by Crippen LogP contribution is -1.84. The number of rotatable bonds is 6. The lowest BCUT2D eigenvalue weighted by Gasteiger charge is -2.07. The second kappa shape index (κ2) is 8.54. The molecule has 0 aliphatic carbocycles. The van der Waals surface area contributed by atoms with Crippen LogP contribution in [0.25, 0.3) is 0 Å². The topological polar surface area (TPSA) is 35.5 Å². The van der Waals surface area contributed by atoms with E-state index in [2.05, 4.69) is 0 Å². The smallest absolute Gasteiger partial charge is 0.405 e. The Morgan fingerprint density at radius 1 is 0.938 bits per heavy atom. The van der Waals surface area contributed by atoms with E-state index < -0.39 is 8.25 Å². The first-order valence-electron chi connectivity index (χ1n) is 4.40. The Balaban J connectivity index is 4.42. The van der Waals surface area contributed by atoms with Gasteiger partial charge in [0.05, 0.1) is 10.1 Å². The zero-order valence-electron chi connectivity index (χ0n) is 8.65. The largest absolute Gasteiger partial charge is 0.420 e. The van der Waals surface area contributed by atoms with Crippen molar-refractivity contribution >= 4 is 54.7 Å². The van der Waals surface area contributed by atoms with Crippen molar-refractivity contribution in [3.05, 3.63) is 20.5 Å². The molecule has 0 atom stereocenters. The number of halogens is 4. The lowest BCUT2D eigenvalue weighted by atomic mass is 10.5. The van der Waals surface area contributed by atoms with E-state index in [1.54, 1.807) is 13.8 Å². The Morgan fingerprint density at radius 2 is 1.25 bits per heavy atom. The van der Waals surface area contributed by atoms with Crippen LogP contribution in [0.1, 0.15) is 26.7 Å². The molecule has 3 nitrogen and oxygen atoms in total. The molecule has 0 amide bonds. The van der Waals surface area contributed by atoms with Crippen molar-refractivity contribution in [2.75, 3.05) is 0 Å². The predicted octanol–water partition coefficient (Wildman–Crippen LogP) is 5.52. The summed E-state index contributed by atoms with van der Waals surface area (Å²) in [6.45, 7) is 3.54. The van der Waals surface area contributed by atoms with Crippen LogP contribution in [0, 0.1) is 0 Å². The fourth-order valence-electron chi connectivity index (χ4n) is 0.556. The summed E-state index contributed by atoms with van der Waals surface area (Å²) in [4.78, 5) is 0. The van der Waals surface area contributed by atoms with Crippen LogP contribution in [0.15, 0.2) is 20.5 Å². The quantitative estimate of drug-likeness (QED) is 0.475. The minimum absolute atomic E-state index is 0.162. The van der Waals surface area contributed by atoms with Gasteiger partial charge in [-0.2, -0.15) is 0 Å². The highest BCUT2D eigenvalue weighted by Crippen LogP contribution is 2.37. The van der Waals surface area contributed by atoms with Gasteiger partial charge in [0.15, 0.2) is 0 Å². The van der Waals surface area contributed by atoms with E-state index in [9.17, 15) is 4.57 Å². The average molecular weight is 328 g/mol. The molecule has 0 rings (SSSR count). The van der Waals surface area contributed by atoms with Crippen LogP contribution in [0.4, 0.5) is 0 Å². The van der Waals surface area contributed by atoms with Gasteiger partial charge < -0.3 is 9.05 Å². The summed E-state index contributed by atoms with van der Waals surface area (Å²) in [6.07, 6.45) is 0.934. The molecular weight excluding hydrogens is 317 g/mol. The molecule has 0 aliphatic heterocycles.